The Balaban J connectivity index is 4.05. The Bertz CT molecular complexity index is 114. The third kappa shape index (κ3) is 3.39. The van der Waals surface area contributed by atoms with E-state index in [0.29, 0.717) is 0 Å². The van der Waals surface area contributed by atoms with E-state index in [2.05, 4.69) is 49.3 Å². The van der Waals surface area contributed by atoms with Crippen molar-refractivity contribution < 1.29 is 0 Å². The monoisotopic (exact) mass is 204 g/mol. The molecule has 0 aliphatic carbocycles. The molecule has 0 aromatic carbocycles. The fourth-order valence-electron chi connectivity index (χ4n) is 1.44. The van der Waals surface area contributed by atoms with Gasteiger partial charge in [-0.25, -0.2) is 0 Å². The summed E-state index contributed by atoms with van der Waals surface area (Å²) in [7, 11) is 1.02. The largest absolute Gasteiger partial charge is 0.341 e. The molecule has 0 saturated heterocycles. The summed E-state index contributed by atoms with van der Waals surface area (Å²) >= 11 is 0. The van der Waals surface area contributed by atoms with Gasteiger partial charge in [-0.1, -0.05) is 26.9 Å². The maximum absolute atomic E-state index is 2.67. The molecule has 0 aliphatic heterocycles. The maximum Gasteiger partial charge on any atom is 0.179 e. The highest BCUT2D eigenvalue weighted by atomic mass is 28.4. The molecule has 0 bridgehead atoms. The van der Waals surface area contributed by atoms with Gasteiger partial charge < -0.3 is 8.80 Å². The van der Waals surface area contributed by atoms with Crippen LogP contribution in [0, 0.1) is 0 Å². The van der Waals surface area contributed by atoms with E-state index in [0.717, 1.165) is 0 Å². The molecule has 0 rings (SSSR count). The van der Waals surface area contributed by atoms with Gasteiger partial charge in [0.05, 0.1) is 8.96 Å². The van der Waals surface area contributed by atoms with Crippen LogP contribution in [-0.4, -0.2) is 47.0 Å². The van der Waals surface area contributed by atoms with Crippen LogP contribution in [0.4, 0.5) is 0 Å². The molecule has 1 atom stereocenters. The number of hydrogen-bond donors (Lipinski definition) is 0. The second-order valence-corrected chi connectivity index (χ2v) is 10.0. The van der Waals surface area contributed by atoms with Gasteiger partial charge in [-0.15, -0.1) is 0 Å². The normalized spacial score (nSPS) is 14.8. The zero-order valence-electron chi connectivity index (χ0n) is 9.46. The molecule has 1 unspecified atom stereocenters. The molecule has 74 valence electrons. The van der Waals surface area contributed by atoms with Crippen LogP contribution in [0.15, 0.2) is 0 Å². The van der Waals surface area contributed by atoms with E-state index in [1.54, 1.807) is 0 Å². The van der Waals surface area contributed by atoms with E-state index in [4.69, 9.17) is 0 Å². The second kappa shape index (κ2) is 5.91. The van der Waals surface area contributed by atoms with E-state index in [9.17, 15) is 0 Å². The van der Waals surface area contributed by atoms with Crippen LogP contribution in [0.1, 0.15) is 13.8 Å². The van der Waals surface area contributed by atoms with Crippen LogP contribution in [0.3, 0.4) is 0 Å². The molecule has 0 radical (unpaired) electrons. The van der Waals surface area contributed by atoms with Crippen molar-refractivity contribution in [3.63, 3.8) is 0 Å². The minimum Gasteiger partial charge on any atom is -0.341 e. The van der Waals surface area contributed by atoms with Crippen molar-refractivity contribution in [2.75, 3.05) is 20.1 Å². The Morgan fingerprint density at radius 1 is 1.00 bits per heavy atom. The van der Waals surface area contributed by atoms with Gasteiger partial charge in [-0.2, -0.15) is 0 Å². The van der Waals surface area contributed by atoms with Gasteiger partial charge in [0, 0.05) is 0 Å². The Kier molecular flexibility index (Phi) is 6.08. The quantitative estimate of drug-likeness (QED) is 0.619. The van der Waals surface area contributed by atoms with E-state index in [-0.39, 0.29) is 0 Å². The van der Waals surface area contributed by atoms with Gasteiger partial charge >= 0.3 is 0 Å². The Morgan fingerprint density at radius 2 is 1.42 bits per heavy atom. The van der Waals surface area contributed by atoms with Crippen molar-refractivity contribution in [1.29, 1.82) is 0 Å². The predicted molar refractivity (Wildman–Crippen MR) is 62.6 cm³/mol. The van der Waals surface area contributed by atoms with Crippen molar-refractivity contribution in [2.24, 2.45) is 0 Å². The number of nitrogens with zero attached hydrogens (tertiary/aromatic N) is 2. The highest BCUT2D eigenvalue weighted by molar-refractivity contribution is 6.69. The van der Waals surface area contributed by atoms with E-state index in [1.165, 1.54) is 13.1 Å². The molecule has 2 nitrogen and oxygen atoms in total. The predicted octanol–water partition coefficient (Wildman–Crippen LogP) is 1.09. The third-order valence-corrected chi connectivity index (χ3v) is 10.4. The summed E-state index contributed by atoms with van der Waals surface area (Å²) in [6.45, 7) is 14.2. The Morgan fingerprint density at radius 3 is 1.67 bits per heavy atom. The first kappa shape index (κ1) is 12.4. The van der Waals surface area contributed by atoms with Gasteiger partial charge in [-0.3, -0.25) is 0 Å². The lowest BCUT2D eigenvalue weighted by Crippen LogP contribution is -2.53. The molecule has 12 heavy (non-hydrogen) atoms. The van der Waals surface area contributed by atoms with Crippen molar-refractivity contribution in [3.05, 3.63) is 0 Å². The smallest absolute Gasteiger partial charge is 0.179 e. The lowest BCUT2D eigenvalue weighted by atomic mass is 10.7. The van der Waals surface area contributed by atoms with Gasteiger partial charge in [-0.05, 0) is 26.7 Å². The highest BCUT2D eigenvalue weighted by Crippen LogP contribution is 2.01. The minimum absolute atomic E-state index is 0.553. The Hall–Kier alpha value is 0.354. The molecular weight excluding hydrogens is 180 g/mol. The van der Waals surface area contributed by atoms with Crippen LogP contribution in [0.5, 0.6) is 0 Å². The first-order valence-corrected chi connectivity index (χ1v) is 10.0. The van der Waals surface area contributed by atoms with Crippen LogP contribution in [0.2, 0.25) is 19.6 Å². The standard InChI is InChI=1S/C8H24N2Si2/c1-7-10(8-2)12(6)9(3)11(4)5/h11-12H,7-8H2,1-6H3. The molecule has 0 aliphatic rings. The summed E-state index contributed by atoms with van der Waals surface area (Å²) in [6, 6.07) is 0. The van der Waals surface area contributed by atoms with Crippen molar-refractivity contribution in [2.45, 2.75) is 33.5 Å². The first-order chi connectivity index (χ1) is 5.54. The summed E-state index contributed by atoms with van der Waals surface area (Å²) in [5.74, 6) is 0. The fraction of sp³-hybridized carbons (Fsp3) is 1.00. The average molecular weight is 204 g/mol. The van der Waals surface area contributed by atoms with Crippen molar-refractivity contribution in [3.8, 4) is 0 Å². The minimum atomic E-state index is -0.741. The molecule has 0 amide bonds. The molecule has 0 fully saturated rings. The van der Waals surface area contributed by atoms with Crippen LogP contribution in [-0.2, 0) is 0 Å². The Labute approximate surface area is 81.0 Å². The summed E-state index contributed by atoms with van der Waals surface area (Å²) in [5, 5.41) is 0. The summed E-state index contributed by atoms with van der Waals surface area (Å²) < 4.78 is 5.31. The van der Waals surface area contributed by atoms with Crippen LogP contribution < -0.4 is 0 Å². The van der Waals surface area contributed by atoms with Gasteiger partial charge in [0.1, 0.15) is 0 Å². The highest BCUT2D eigenvalue weighted by Gasteiger charge is 2.19. The molecule has 0 spiro atoms. The lowest BCUT2D eigenvalue weighted by molar-refractivity contribution is 0.451. The second-order valence-electron chi connectivity index (χ2n) is 3.61. The van der Waals surface area contributed by atoms with Crippen molar-refractivity contribution >= 4 is 18.1 Å². The van der Waals surface area contributed by atoms with Gasteiger partial charge in [0.2, 0.25) is 0 Å². The van der Waals surface area contributed by atoms with Crippen molar-refractivity contribution in [1.82, 2.24) is 8.80 Å². The van der Waals surface area contributed by atoms with Crippen LogP contribution in [0.25, 0.3) is 0 Å². The summed E-state index contributed by atoms with van der Waals surface area (Å²) in [5.41, 5.74) is 0. The molecule has 0 heterocycles. The zero-order chi connectivity index (χ0) is 9.72. The number of rotatable bonds is 5. The molecule has 0 aromatic rings. The van der Waals surface area contributed by atoms with E-state index in [1.807, 2.05) is 0 Å². The molecule has 0 N–H and O–H groups in total. The maximum atomic E-state index is 2.67. The van der Waals surface area contributed by atoms with Gasteiger partial charge in [0.15, 0.2) is 9.12 Å². The fourth-order valence-corrected chi connectivity index (χ4v) is 7.03. The van der Waals surface area contributed by atoms with E-state index < -0.39 is 18.1 Å². The van der Waals surface area contributed by atoms with Crippen LogP contribution >= 0.6 is 0 Å². The van der Waals surface area contributed by atoms with E-state index >= 15 is 0 Å². The molecule has 0 saturated carbocycles. The topological polar surface area (TPSA) is 6.48 Å². The average Bonchev–Trinajstić information content (AvgIpc) is 2.05. The third-order valence-electron chi connectivity index (χ3n) is 2.74. The van der Waals surface area contributed by atoms with Gasteiger partial charge in [0.25, 0.3) is 0 Å². The molecule has 0 aromatic heterocycles. The molecule has 4 heteroatoms. The summed E-state index contributed by atoms with van der Waals surface area (Å²) in [6.07, 6.45) is 0. The lowest BCUT2D eigenvalue weighted by Gasteiger charge is -2.34. The first-order valence-electron chi connectivity index (χ1n) is 5.00. The molecular formula is C8H24N2Si2. The summed E-state index contributed by atoms with van der Waals surface area (Å²) in [4.78, 5) is 0. The number of hydrogen-bond acceptors (Lipinski definition) is 2. The SMILES string of the molecule is CCN(CC)[SiH](C)N(C)[SiH](C)C. The zero-order valence-corrected chi connectivity index (χ0v) is 11.8.